The summed E-state index contributed by atoms with van der Waals surface area (Å²) in [5.74, 6) is -1.68. The van der Waals surface area contributed by atoms with Gasteiger partial charge in [0.05, 0.1) is 5.69 Å². The molecule has 0 bridgehead atoms. The Morgan fingerprint density at radius 1 is 1.36 bits per heavy atom. The van der Waals surface area contributed by atoms with Gasteiger partial charge in [-0.2, -0.15) is 0 Å². The van der Waals surface area contributed by atoms with E-state index in [9.17, 15) is 14.7 Å². The molecular formula is C14H11N3O4S. The summed E-state index contributed by atoms with van der Waals surface area (Å²) in [5.41, 5.74) is 1.45. The van der Waals surface area contributed by atoms with Gasteiger partial charge in [0, 0.05) is 17.5 Å². The summed E-state index contributed by atoms with van der Waals surface area (Å²) in [6.45, 7) is 1.74. The molecule has 0 spiro atoms. The van der Waals surface area contributed by atoms with E-state index in [-0.39, 0.29) is 18.2 Å². The number of hydrogen-bond donors (Lipinski definition) is 2. The van der Waals surface area contributed by atoms with E-state index in [0.29, 0.717) is 27.1 Å². The van der Waals surface area contributed by atoms with E-state index in [1.807, 2.05) is 0 Å². The molecule has 0 saturated carbocycles. The van der Waals surface area contributed by atoms with Crippen LogP contribution in [-0.2, 0) is 6.54 Å². The Morgan fingerprint density at radius 3 is 2.82 bits per heavy atom. The first-order chi connectivity index (χ1) is 10.6. The molecule has 7 nitrogen and oxygen atoms in total. The van der Waals surface area contributed by atoms with E-state index in [2.05, 4.69) is 14.9 Å². The number of rotatable bonds is 4. The number of aromatic nitrogens is 2. The summed E-state index contributed by atoms with van der Waals surface area (Å²) in [4.78, 5) is 23.8. The standard InChI is InChI=1S/C14H11N3O4S/c1-7-12(22-17-16-7)13(18)15-6-9-8-4-2-3-5-10(8)21-11(9)14(19)20/h2-5H,6H2,1H3,(H,15,18)(H,19,20). The number of furan rings is 1. The van der Waals surface area contributed by atoms with Gasteiger partial charge in [-0.1, -0.05) is 22.7 Å². The molecular weight excluding hydrogens is 306 g/mol. The highest BCUT2D eigenvalue weighted by Gasteiger charge is 2.21. The molecule has 112 valence electrons. The van der Waals surface area contributed by atoms with Crippen molar-refractivity contribution in [3.63, 3.8) is 0 Å². The maximum atomic E-state index is 12.1. The van der Waals surface area contributed by atoms with Crippen LogP contribution in [0.25, 0.3) is 11.0 Å². The maximum absolute atomic E-state index is 12.1. The third-order valence-corrected chi connectivity index (χ3v) is 4.00. The van der Waals surface area contributed by atoms with Crippen LogP contribution in [0.3, 0.4) is 0 Å². The maximum Gasteiger partial charge on any atom is 0.372 e. The predicted octanol–water partition coefficient (Wildman–Crippen LogP) is 2.22. The number of nitrogens with zero attached hydrogens (tertiary/aromatic N) is 2. The lowest BCUT2D eigenvalue weighted by Gasteiger charge is -2.03. The number of benzene rings is 1. The lowest BCUT2D eigenvalue weighted by atomic mass is 10.1. The van der Waals surface area contributed by atoms with Crippen LogP contribution in [-0.4, -0.2) is 26.6 Å². The largest absolute Gasteiger partial charge is 0.475 e. The van der Waals surface area contributed by atoms with Crippen molar-refractivity contribution in [1.29, 1.82) is 0 Å². The average molecular weight is 317 g/mol. The van der Waals surface area contributed by atoms with Crippen LogP contribution in [0.15, 0.2) is 28.7 Å². The van der Waals surface area contributed by atoms with Crippen molar-refractivity contribution in [3.05, 3.63) is 46.2 Å². The molecule has 0 radical (unpaired) electrons. The van der Waals surface area contributed by atoms with E-state index >= 15 is 0 Å². The Hall–Kier alpha value is -2.74. The van der Waals surface area contributed by atoms with Gasteiger partial charge in [-0.15, -0.1) is 5.10 Å². The zero-order valence-corrected chi connectivity index (χ0v) is 12.3. The fraction of sp³-hybridized carbons (Fsp3) is 0.143. The number of hydrogen-bond acceptors (Lipinski definition) is 6. The number of aryl methyl sites for hydroxylation is 1. The molecule has 0 saturated heterocycles. The van der Waals surface area contributed by atoms with Crippen LogP contribution < -0.4 is 5.32 Å². The summed E-state index contributed by atoms with van der Waals surface area (Å²) in [5, 5.41) is 16.4. The molecule has 0 atom stereocenters. The Labute approximate surface area is 128 Å². The van der Waals surface area contributed by atoms with E-state index < -0.39 is 5.97 Å². The smallest absolute Gasteiger partial charge is 0.372 e. The highest BCUT2D eigenvalue weighted by Crippen LogP contribution is 2.26. The second-order valence-electron chi connectivity index (χ2n) is 4.58. The first-order valence-electron chi connectivity index (χ1n) is 6.38. The summed E-state index contributed by atoms with van der Waals surface area (Å²) in [7, 11) is 0. The summed E-state index contributed by atoms with van der Waals surface area (Å²) in [6.07, 6.45) is 0. The second-order valence-corrected chi connectivity index (χ2v) is 5.34. The first-order valence-corrected chi connectivity index (χ1v) is 7.16. The van der Waals surface area contributed by atoms with Crippen molar-refractivity contribution < 1.29 is 19.1 Å². The van der Waals surface area contributed by atoms with Crippen LogP contribution in [0.2, 0.25) is 0 Å². The third-order valence-electron chi connectivity index (χ3n) is 3.18. The first kappa shape index (κ1) is 14.2. The molecule has 3 rings (SSSR count). The molecule has 1 amide bonds. The molecule has 0 aliphatic heterocycles. The zero-order chi connectivity index (χ0) is 15.7. The Bertz CT molecular complexity index is 868. The molecule has 1 aromatic carbocycles. The highest BCUT2D eigenvalue weighted by atomic mass is 32.1. The highest BCUT2D eigenvalue weighted by molar-refractivity contribution is 7.07. The van der Waals surface area contributed by atoms with Gasteiger partial charge in [0.1, 0.15) is 10.5 Å². The fourth-order valence-corrected chi connectivity index (χ4v) is 2.71. The van der Waals surface area contributed by atoms with Crippen molar-refractivity contribution >= 4 is 34.4 Å². The zero-order valence-electron chi connectivity index (χ0n) is 11.5. The molecule has 0 aliphatic rings. The second kappa shape index (κ2) is 5.57. The minimum Gasteiger partial charge on any atom is -0.475 e. The molecule has 2 heterocycles. The normalized spacial score (nSPS) is 10.8. The number of amides is 1. The van der Waals surface area contributed by atoms with Crippen molar-refractivity contribution in [2.24, 2.45) is 0 Å². The third kappa shape index (κ3) is 2.44. The quantitative estimate of drug-likeness (QED) is 0.764. The fourth-order valence-electron chi connectivity index (χ4n) is 2.14. The minimum atomic E-state index is -1.17. The van der Waals surface area contributed by atoms with Gasteiger partial charge in [0.15, 0.2) is 0 Å². The Balaban J connectivity index is 1.90. The van der Waals surface area contributed by atoms with E-state index in [1.54, 1.807) is 31.2 Å². The minimum absolute atomic E-state index is 0.0504. The Morgan fingerprint density at radius 2 is 2.14 bits per heavy atom. The monoisotopic (exact) mass is 317 g/mol. The number of carbonyl (C=O) groups excluding carboxylic acids is 1. The van der Waals surface area contributed by atoms with Gasteiger partial charge in [-0.3, -0.25) is 4.79 Å². The molecule has 0 unspecified atom stereocenters. The van der Waals surface area contributed by atoms with E-state index in [0.717, 1.165) is 11.5 Å². The Kier molecular flexibility index (Phi) is 3.60. The van der Waals surface area contributed by atoms with Gasteiger partial charge in [0.25, 0.3) is 5.91 Å². The number of aromatic carboxylic acids is 1. The van der Waals surface area contributed by atoms with Gasteiger partial charge in [-0.05, 0) is 24.5 Å². The summed E-state index contributed by atoms with van der Waals surface area (Å²) >= 11 is 0.996. The predicted molar refractivity (Wildman–Crippen MR) is 79.0 cm³/mol. The van der Waals surface area contributed by atoms with Gasteiger partial charge < -0.3 is 14.8 Å². The van der Waals surface area contributed by atoms with Crippen LogP contribution >= 0.6 is 11.5 Å². The SMILES string of the molecule is Cc1nnsc1C(=O)NCc1c(C(=O)O)oc2ccccc12. The van der Waals surface area contributed by atoms with Crippen molar-refractivity contribution in [3.8, 4) is 0 Å². The molecule has 0 aliphatic carbocycles. The van der Waals surface area contributed by atoms with Gasteiger partial charge >= 0.3 is 5.97 Å². The average Bonchev–Trinajstić information content (AvgIpc) is 3.08. The molecule has 2 aromatic heterocycles. The number of carbonyl (C=O) groups is 2. The number of para-hydroxylation sites is 1. The van der Waals surface area contributed by atoms with E-state index in [4.69, 9.17) is 4.42 Å². The van der Waals surface area contributed by atoms with Crippen LogP contribution in [0.4, 0.5) is 0 Å². The molecule has 3 aromatic rings. The van der Waals surface area contributed by atoms with Crippen LogP contribution in [0.5, 0.6) is 0 Å². The molecule has 22 heavy (non-hydrogen) atoms. The molecule has 0 fully saturated rings. The lowest BCUT2D eigenvalue weighted by Crippen LogP contribution is -2.23. The molecule has 2 N–H and O–H groups in total. The van der Waals surface area contributed by atoms with Crippen LogP contribution in [0.1, 0.15) is 31.5 Å². The van der Waals surface area contributed by atoms with E-state index in [1.165, 1.54) is 0 Å². The number of nitrogens with one attached hydrogen (secondary N) is 1. The van der Waals surface area contributed by atoms with Crippen molar-refractivity contribution in [2.45, 2.75) is 13.5 Å². The number of fused-ring (bicyclic) bond motifs is 1. The summed E-state index contributed by atoms with van der Waals surface area (Å²) in [6, 6.07) is 6.98. The van der Waals surface area contributed by atoms with Crippen molar-refractivity contribution in [1.82, 2.24) is 14.9 Å². The molecule has 8 heteroatoms. The number of carboxylic acid groups (broad SMARTS) is 1. The van der Waals surface area contributed by atoms with Gasteiger partial charge in [-0.25, -0.2) is 4.79 Å². The number of carboxylic acids is 1. The lowest BCUT2D eigenvalue weighted by molar-refractivity contribution is 0.0662. The van der Waals surface area contributed by atoms with Crippen molar-refractivity contribution in [2.75, 3.05) is 0 Å². The van der Waals surface area contributed by atoms with Crippen LogP contribution in [0, 0.1) is 6.92 Å². The van der Waals surface area contributed by atoms with Gasteiger partial charge in [0.2, 0.25) is 5.76 Å². The summed E-state index contributed by atoms with van der Waals surface area (Å²) < 4.78 is 9.04. The topological polar surface area (TPSA) is 105 Å².